The summed E-state index contributed by atoms with van der Waals surface area (Å²) in [4.78, 5) is 24.9. The summed E-state index contributed by atoms with van der Waals surface area (Å²) in [6, 6.07) is 12.2. The van der Waals surface area contributed by atoms with Crippen LogP contribution in [0.2, 0.25) is 5.02 Å². The highest BCUT2D eigenvalue weighted by Gasteiger charge is 2.14. The van der Waals surface area contributed by atoms with Gasteiger partial charge in [0.25, 0.3) is 5.91 Å². The maximum atomic E-state index is 12.6. The van der Waals surface area contributed by atoms with Crippen LogP contribution in [0.15, 0.2) is 57.9 Å². The molecule has 0 saturated heterocycles. The van der Waals surface area contributed by atoms with Crippen LogP contribution in [-0.4, -0.2) is 5.91 Å². The van der Waals surface area contributed by atoms with Crippen molar-refractivity contribution in [3.8, 4) is 11.8 Å². The fourth-order valence-corrected chi connectivity index (χ4v) is 2.52. The van der Waals surface area contributed by atoms with E-state index in [4.69, 9.17) is 16.0 Å². The van der Waals surface area contributed by atoms with Crippen LogP contribution in [0.3, 0.4) is 0 Å². The van der Waals surface area contributed by atoms with Gasteiger partial charge in [-0.05, 0) is 42.8 Å². The van der Waals surface area contributed by atoms with Gasteiger partial charge in [0.2, 0.25) is 5.43 Å². The fourth-order valence-electron chi connectivity index (χ4n) is 2.39. The van der Waals surface area contributed by atoms with Gasteiger partial charge in [-0.1, -0.05) is 29.7 Å². The minimum absolute atomic E-state index is 0.0388. The molecule has 3 aromatic rings. The van der Waals surface area contributed by atoms with Gasteiger partial charge >= 0.3 is 0 Å². The van der Waals surface area contributed by atoms with Gasteiger partial charge in [0.1, 0.15) is 17.4 Å². The van der Waals surface area contributed by atoms with Crippen LogP contribution in [0.1, 0.15) is 28.4 Å². The number of hydrogen-bond acceptors (Lipinski definition) is 3. The van der Waals surface area contributed by atoms with Crippen molar-refractivity contribution in [1.29, 1.82) is 0 Å². The maximum absolute atomic E-state index is 12.6. The molecule has 0 saturated carbocycles. The van der Waals surface area contributed by atoms with E-state index in [1.54, 1.807) is 49.4 Å². The van der Waals surface area contributed by atoms with E-state index in [1.807, 2.05) is 0 Å². The number of fused-ring (bicyclic) bond motifs is 1. The van der Waals surface area contributed by atoms with Crippen LogP contribution < -0.4 is 10.7 Å². The van der Waals surface area contributed by atoms with Gasteiger partial charge in [0, 0.05) is 17.1 Å². The first-order valence-corrected chi connectivity index (χ1v) is 7.97. The Morgan fingerprint density at radius 3 is 2.68 bits per heavy atom. The lowest BCUT2D eigenvalue weighted by Crippen LogP contribution is -2.28. The molecule has 0 unspecified atom stereocenters. The average Bonchev–Trinajstić information content (AvgIpc) is 2.62. The molecule has 0 bridgehead atoms. The van der Waals surface area contributed by atoms with E-state index in [9.17, 15) is 9.59 Å². The van der Waals surface area contributed by atoms with Crippen molar-refractivity contribution in [2.75, 3.05) is 0 Å². The summed E-state index contributed by atoms with van der Waals surface area (Å²) in [5.74, 6) is 5.17. The van der Waals surface area contributed by atoms with Crippen LogP contribution in [0, 0.1) is 11.8 Å². The van der Waals surface area contributed by atoms with Gasteiger partial charge in [0.15, 0.2) is 0 Å². The molecule has 1 aromatic heterocycles. The molecule has 0 fully saturated rings. The first-order chi connectivity index (χ1) is 12.1. The maximum Gasteiger partial charge on any atom is 0.258 e. The van der Waals surface area contributed by atoms with Gasteiger partial charge in [-0.3, -0.25) is 9.59 Å². The molecule has 0 aliphatic rings. The summed E-state index contributed by atoms with van der Waals surface area (Å²) in [6.45, 7) is 2.00. The zero-order valence-electron chi connectivity index (χ0n) is 13.4. The second kappa shape index (κ2) is 7.25. The topological polar surface area (TPSA) is 59.3 Å². The smallest absolute Gasteiger partial charge is 0.258 e. The summed E-state index contributed by atoms with van der Waals surface area (Å²) in [7, 11) is 0. The van der Waals surface area contributed by atoms with Crippen molar-refractivity contribution in [1.82, 2.24) is 5.32 Å². The molecule has 25 heavy (non-hydrogen) atoms. The summed E-state index contributed by atoms with van der Waals surface area (Å²) >= 11 is 5.83. The van der Waals surface area contributed by atoms with E-state index in [-0.39, 0.29) is 17.5 Å². The van der Waals surface area contributed by atoms with Crippen molar-refractivity contribution in [3.63, 3.8) is 0 Å². The standard InChI is InChI=1S/C20H14ClNO3/c1-2-3-13-6-9-18-16(10-13)19(23)17(12-25-18)20(24)22-11-14-4-7-15(21)8-5-14/h4-10,12H,11H2,1H3,(H,22,24). The van der Waals surface area contributed by atoms with Crippen LogP contribution in [0.25, 0.3) is 11.0 Å². The van der Waals surface area contributed by atoms with Crippen molar-refractivity contribution in [2.24, 2.45) is 0 Å². The highest BCUT2D eigenvalue weighted by atomic mass is 35.5. The summed E-state index contributed by atoms with van der Waals surface area (Å²) in [5, 5.41) is 3.66. The molecular weight excluding hydrogens is 338 g/mol. The lowest BCUT2D eigenvalue weighted by atomic mass is 10.1. The molecule has 2 aromatic carbocycles. The van der Waals surface area contributed by atoms with E-state index in [1.165, 1.54) is 6.26 Å². The number of halogens is 1. The Bertz CT molecular complexity index is 1060. The Morgan fingerprint density at radius 1 is 1.20 bits per heavy atom. The number of amides is 1. The van der Waals surface area contributed by atoms with Crippen LogP contribution >= 0.6 is 11.6 Å². The van der Waals surface area contributed by atoms with Crippen molar-refractivity contribution < 1.29 is 9.21 Å². The molecule has 0 aliphatic carbocycles. The number of rotatable bonds is 3. The van der Waals surface area contributed by atoms with Crippen LogP contribution in [0.5, 0.6) is 0 Å². The third-order valence-electron chi connectivity index (χ3n) is 3.65. The van der Waals surface area contributed by atoms with Gasteiger partial charge in [0.05, 0.1) is 5.39 Å². The minimum Gasteiger partial charge on any atom is -0.463 e. The second-order valence-electron chi connectivity index (χ2n) is 5.37. The normalized spacial score (nSPS) is 10.2. The number of nitrogens with one attached hydrogen (secondary N) is 1. The molecule has 0 spiro atoms. The summed E-state index contributed by atoms with van der Waals surface area (Å²) < 4.78 is 5.42. The second-order valence-corrected chi connectivity index (χ2v) is 5.81. The Labute approximate surface area is 149 Å². The highest BCUT2D eigenvalue weighted by Crippen LogP contribution is 2.14. The van der Waals surface area contributed by atoms with Gasteiger partial charge < -0.3 is 9.73 Å². The Balaban J connectivity index is 1.87. The SMILES string of the molecule is CC#Cc1ccc2occ(C(=O)NCc3ccc(Cl)cc3)c(=O)c2c1. The van der Waals surface area contributed by atoms with Crippen LogP contribution in [-0.2, 0) is 6.54 Å². The molecule has 3 rings (SSSR count). The molecule has 0 radical (unpaired) electrons. The minimum atomic E-state index is -0.488. The molecular formula is C20H14ClNO3. The lowest BCUT2D eigenvalue weighted by Gasteiger charge is -2.06. The average molecular weight is 352 g/mol. The van der Waals surface area contributed by atoms with E-state index in [0.717, 1.165) is 5.56 Å². The molecule has 1 N–H and O–H groups in total. The quantitative estimate of drug-likeness (QED) is 0.731. The van der Waals surface area contributed by atoms with Crippen LogP contribution in [0.4, 0.5) is 0 Å². The number of hydrogen-bond donors (Lipinski definition) is 1. The Morgan fingerprint density at radius 2 is 1.96 bits per heavy atom. The lowest BCUT2D eigenvalue weighted by molar-refractivity contribution is 0.0948. The molecule has 1 heterocycles. The van der Waals surface area contributed by atoms with E-state index in [0.29, 0.717) is 21.6 Å². The number of carbonyl (C=O) groups excluding carboxylic acids is 1. The molecule has 0 atom stereocenters. The van der Waals surface area contributed by atoms with Gasteiger partial charge in [-0.25, -0.2) is 0 Å². The van der Waals surface area contributed by atoms with E-state index < -0.39 is 5.91 Å². The first kappa shape index (κ1) is 16.8. The molecule has 124 valence electrons. The molecule has 4 nitrogen and oxygen atoms in total. The zero-order valence-corrected chi connectivity index (χ0v) is 14.2. The Kier molecular flexibility index (Phi) is 4.87. The molecule has 1 amide bonds. The predicted molar refractivity (Wildman–Crippen MR) is 97.7 cm³/mol. The summed E-state index contributed by atoms with van der Waals surface area (Å²) in [5.41, 5.74) is 1.57. The highest BCUT2D eigenvalue weighted by molar-refractivity contribution is 6.30. The van der Waals surface area contributed by atoms with Crippen molar-refractivity contribution >= 4 is 28.5 Å². The van der Waals surface area contributed by atoms with E-state index >= 15 is 0 Å². The number of carbonyl (C=O) groups is 1. The number of benzene rings is 2. The third kappa shape index (κ3) is 3.73. The molecule has 5 heteroatoms. The van der Waals surface area contributed by atoms with Gasteiger partial charge in [-0.2, -0.15) is 0 Å². The summed E-state index contributed by atoms with van der Waals surface area (Å²) in [6.07, 6.45) is 1.19. The molecule has 0 aliphatic heterocycles. The monoisotopic (exact) mass is 351 g/mol. The largest absolute Gasteiger partial charge is 0.463 e. The third-order valence-corrected chi connectivity index (χ3v) is 3.90. The van der Waals surface area contributed by atoms with Crippen molar-refractivity contribution in [2.45, 2.75) is 13.5 Å². The van der Waals surface area contributed by atoms with Crippen molar-refractivity contribution in [3.05, 3.63) is 80.7 Å². The van der Waals surface area contributed by atoms with E-state index in [2.05, 4.69) is 17.2 Å². The van der Waals surface area contributed by atoms with Gasteiger partial charge in [-0.15, -0.1) is 5.92 Å². The fraction of sp³-hybridized carbons (Fsp3) is 0.100. The Hall–Kier alpha value is -3.03. The predicted octanol–water partition coefficient (Wildman–Crippen LogP) is 3.75. The zero-order chi connectivity index (χ0) is 17.8. The first-order valence-electron chi connectivity index (χ1n) is 7.59.